The molecule has 0 atom stereocenters. The topological polar surface area (TPSA) is 127 Å². The van der Waals surface area contributed by atoms with Crippen LogP contribution in [0.4, 0.5) is 5.69 Å². The fraction of sp³-hybridized carbons (Fsp3) is 0.0625. The first-order valence-corrected chi connectivity index (χ1v) is 13.2. The van der Waals surface area contributed by atoms with Crippen molar-refractivity contribution in [2.24, 2.45) is 5.73 Å². The van der Waals surface area contributed by atoms with E-state index in [9.17, 15) is 19.5 Å². The zero-order valence-corrected chi connectivity index (χ0v) is 22.4. The molecule has 41 heavy (non-hydrogen) atoms. The molecule has 4 aromatic carbocycles. The number of primary amides is 1. The number of benzene rings is 4. The molecule has 4 N–H and O–H groups in total. The smallest absolute Gasteiger partial charge is 0.335 e. The zero-order valence-electron chi connectivity index (χ0n) is 21.6. The van der Waals surface area contributed by atoms with Gasteiger partial charge in [0.15, 0.2) is 5.69 Å². The van der Waals surface area contributed by atoms with Gasteiger partial charge in [0.05, 0.1) is 27.5 Å². The van der Waals surface area contributed by atoms with E-state index in [-0.39, 0.29) is 17.2 Å². The van der Waals surface area contributed by atoms with Crippen LogP contribution in [0, 0.1) is 0 Å². The van der Waals surface area contributed by atoms with Gasteiger partial charge in [-0.1, -0.05) is 54.1 Å². The van der Waals surface area contributed by atoms with Gasteiger partial charge in [0.1, 0.15) is 0 Å². The summed E-state index contributed by atoms with van der Waals surface area (Å²) in [7, 11) is 0. The quantitative estimate of drug-likeness (QED) is 0.234. The number of carbonyl (C=O) groups is 3. The number of rotatable bonds is 6. The molecule has 0 fully saturated rings. The lowest BCUT2D eigenvalue weighted by Crippen LogP contribution is -2.15. The SMILES string of the molecule is NC(=O)c1nn(-c2ccc(-c3ccc(C(=O)O)cc3)cc2)c2c1CCc1ccc(NC(=O)c3ccccc3Cl)cc1-2. The molecule has 0 saturated carbocycles. The lowest BCUT2D eigenvalue weighted by Gasteiger charge is -2.20. The Labute approximate surface area is 240 Å². The van der Waals surface area contributed by atoms with Crippen LogP contribution in [0.5, 0.6) is 0 Å². The van der Waals surface area contributed by atoms with E-state index in [4.69, 9.17) is 17.3 Å². The van der Waals surface area contributed by atoms with E-state index in [0.29, 0.717) is 29.1 Å². The predicted molar refractivity (Wildman–Crippen MR) is 157 cm³/mol. The normalized spacial score (nSPS) is 11.8. The van der Waals surface area contributed by atoms with E-state index in [1.807, 2.05) is 42.5 Å². The first-order chi connectivity index (χ1) is 19.8. The van der Waals surface area contributed by atoms with Crippen LogP contribution in [-0.4, -0.2) is 32.7 Å². The van der Waals surface area contributed by atoms with Gasteiger partial charge in [0.25, 0.3) is 11.8 Å². The summed E-state index contributed by atoms with van der Waals surface area (Å²) in [5.74, 6) is -1.92. The minimum absolute atomic E-state index is 0.212. The molecule has 1 aliphatic carbocycles. The van der Waals surface area contributed by atoms with Crippen LogP contribution in [0.2, 0.25) is 5.02 Å². The van der Waals surface area contributed by atoms with Crippen LogP contribution in [0.15, 0.2) is 91.0 Å². The Kier molecular flexibility index (Phi) is 6.61. The number of hydrogen-bond acceptors (Lipinski definition) is 4. The first kappa shape index (κ1) is 26.0. The molecule has 0 saturated heterocycles. The van der Waals surface area contributed by atoms with Gasteiger partial charge < -0.3 is 16.2 Å². The van der Waals surface area contributed by atoms with Crippen LogP contribution in [0.1, 0.15) is 42.3 Å². The van der Waals surface area contributed by atoms with Crippen molar-refractivity contribution >= 4 is 35.1 Å². The number of carboxylic acid groups (broad SMARTS) is 1. The Morgan fingerprint density at radius 1 is 0.878 bits per heavy atom. The second-order valence-electron chi connectivity index (χ2n) is 9.69. The van der Waals surface area contributed by atoms with E-state index < -0.39 is 11.9 Å². The van der Waals surface area contributed by atoms with Crippen LogP contribution in [0.3, 0.4) is 0 Å². The Balaban J connectivity index is 1.39. The molecule has 0 radical (unpaired) electrons. The minimum atomic E-state index is -0.979. The fourth-order valence-electron chi connectivity index (χ4n) is 5.15. The summed E-state index contributed by atoms with van der Waals surface area (Å²) < 4.78 is 1.71. The van der Waals surface area contributed by atoms with Crippen molar-refractivity contribution in [2.45, 2.75) is 12.8 Å². The highest BCUT2D eigenvalue weighted by Crippen LogP contribution is 2.39. The molecule has 0 bridgehead atoms. The van der Waals surface area contributed by atoms with E-state index in [1.54, 1.807) is 53.2 Å². The van der Waals surface area contributed by atoms with Crippen molar-refractivity contribution < 1.29 is 19.5 Å². The lowest BCUT2D eigenvalue weighted by atomic mass is 9.88. The fourth-order valence-corrected chi connectivity index (χ4v) is 5.37. The third-order valence-corrected chi connectivity index (χ3v) is 7.51. The number of anilines is 1. The number of nitrogens with one attached hydrogen (secondary N) is 1. The minimum Gasteiger partial charge on any atom is -0.478 e. The monoisotopic (exact) mass is 562 g/mol. The molecule has 6 rings (SSSR count). The predicted octanol–water partition coefficient (Wildman–Crippen LogP) is 6.01. The number of carbonyl (C=O) groups excluding carboxylic acids is 2. The molecule has 1 aromatic heterocycles. The average molecular weight is 563 g/mol. The second-order valence-corrected chi connectivity index (χ2v) is 10.1. The maximum Gasteiger partial charge on any atom is 0.335 e. The largest absolute Gasteiger partial charge is 0.478 e. The van der Waals surface area contributed by atoms with Gasteiger partial charge in [0.2, 0.25) is 0 Å². The van der Waals surface area contributed by atoms with Crippen molar-refractivity contribution in [2.75, 3.05) is 5.32 Å². The summed E-state index contributed by atoms with van der Waals surface area (Å²) in [6, 6.07) is 26.8. The van der Waals surface area contributed by atoms with Gasteiger partial charge in [-0.05, 0) is 78.1 Å². The van der Waals surface area contributed by atoms with Crippen LogP contribution >= 0.6 is 11.6 Å². The number of hydrogen-bond donors (Lipinski definition) is 3. The average Bonchev–Trinajstić information content (AvgIpc) is 3.38. The number of aromatic nitrogens is 2. The van der Waals surface area contributed by atoms with Crippen molar-refractivity contribution in [1.82, 2.24) is 9.78 Å². The number of fused-ring (bicyclic) bond motifs is 3. The summed E-state index contributed by atoms with van der Waals surface area (Å²) in [6.07, 6.45) is 1.29. The molecule has 1 heterocycles. The molecular weight excluding hydrogens is 540 g/mol. The first-order valence-electron chi connectivity index (χ1n) is 12.8. The lowest BCUT2D eigenvalue weighted by molar-refractivity contribution is 0.0696. The summed E-state index contributed by atoms with van der Waals surface area (Å²) in [5, 5.41) is 17.1. The number of carboxylic acids is 1. The molecule has 0 spiro atoms. The highest BCUT2D eigenvalue weighted by atomic mass is 35.5. The van der Waals surface area contributed by atoms with Gasteiger partial charge in [-0.25, -0.2) is 9.48 Å². The van der Waals surface area contributed by atoms with Crippen LogP contribution in [0.25, 0.3) is 28.1 Å². The Hall–Kier alpha value is -5.21. The van der Waals surface area contributed by atoms with E-state index >= 15 is 0 Å². The van der Waals surface area contributed by atoms with Crippen molar-refractivity contribution in [3.05, 3.63) is 124 Å². The number of aromatic carboxylic acids is 1. The molecule has 0 aliphatic heterocycles. The van der Waals surface area contributed by atoms with E-state index in [0.717, 1.165) is 39.2 Å². The summed E-state index contributed by atoms with van der Waals surface area (Å²) in [4.78, 5) is 36.5. The van der Waals surface area contributed by atoms with Gasteiger partial charge >= 0.3 is 5.97 Å². The molecule has 0 unspecified atom stereocenters. The van der Waals surface area contributed by atoms with Crippen LogP contribution < -0.4 is 11.1 Å². The standard InChI is InChI=1S/C32H23ClN4O4/c33-27-4-2-1-3-24(27)31(39)35-22-13-9-20-12-16-25-28(30(34)38)36-37(29(25)26(20)17-22)23-14-10-19(11-15-23)18-5-7-21(8-6-18)32(40)41/h1-11,13-15,17H,12,16H2,(H2,34,38)(H,35,39)(H,40,41). The number of aryl methyl sites for hydroxylation is 1. The summed E-state index contributed by atoms with van der Waals surface area (Å²) in [5.41, 5.74) is 13.0. The van der Waals surface area contributed by atoms with Crippen molar-refractivity contribution in [3.63, 3.8) is 0 Å². The van der Waals surface area contributed by atoms with Gasteiger partial charge in [-0.2, -0.15) is 5.10 Å². The number of nitrogens with two attached hydrogens (primary N) is 1. The molecule has 1 aliphatic rings. The summed E-state index contributed by atoms with van der Waals surface area (Å²) in [6.45, 7) is 0. The number of nitrogens with zero attached hydrogens (tertiary/aromatic N) is 2. The maximum atomic E-state index is 12.9. The molecule has 8 nitrogen and oxygen atoms in total. The zero-order chi connectivity index (χ0) is 28.7. The highest BCUT2D eigenvalue weighted by Gasteiger charge is 2.28. The molecule has 202 valence electrons. The van der Waals surface area contributed by atoms with Gasteiger partial charge in [-0.3, -0.25) is 9.59 Å². The third-order valence-electron chi connectivity index (χ3n) is 7.18. The number of halogens is 1. The molecular formula is C32H23ClN4O4. The van der Waals surface area contributed by atoms with Crippen molar-refractivity contribution in [1.29, 1.82) is 0 Å². The van der Waals surface area contributed by atoms with Gasteiger partial charge in [0, 0.05) is 16.8 Å². The summed E-state index contributed by atoms with van der Waals surface area (Å²) >= 11 is 6.22. The highest BCUT2D eigenvalue weighted by molar-refractivity contribution is 6.34. The molecule has 2 amide bonds. The van der Waals surface area contributed by atoms with E-state index in [2.05, 4.69) is 10.4 Å². The Morgan fingerprint density at radius 2 is 1.56 bits per heavy atom. The maximum absolute atomic E-state index is 12.9. The number of amides is 2. The third kappa shape index (κ3) is 4.85. The molecule has 9 heteroatoms. The van der Waals surface area contributed by atoms with E-state index in [1.165, 1.54) is 0 Å². The van der Waals surface area contributed by atoms with Crippen molar-refractivity contribution in [3.8, 4) is 28.1 Å². The Morgan fingerprint density at radius 3 is 2.22 bits per heavy atom. The van der Waals surface area contributed by atoms with Crippen LogP contribution in [-0.2, 0) is 12.8 Å². The van der Waals surface area contributed by atoms with Gasteiger partial charge in [-0.15, -0.1) is 0 Å². The Bertz CT molecular complexity index is 1840. The molecule has 5 aromatic rings. The second kappa shape index (κ2) is 10.4.